The van der Waals surface area contributed by atoms with Gasteiger partial charge in [-0.3, -0.25) is 0 Å². The fourth-order valence-corrected chi connectivity index (χ4v) is 1.05. The minimum Gasteiger partial charge on any atom is -0.396 e. The zero-order chi connectivity index (χ0) is 9.84. The van der Waals surface area contributed by atoms with Crippen molar-refractivity contribution in [3.63, 3.8) is 0 Å². The first-order chi connectivity index (χ1) is 6.15. The van der Waals surface area contributed by atoms with Gasteiger partial charge in [0.1, 0.15) is 0 Å². The minimum atomic E-state index is -2.47. The van der Waals surface area contributed by atoms with Gasteiger partial charge in [0.25, 0.3) is 6.43 Å². The van der Waals surface area contributed by atoms with Gasteiger partial charge in [0.05, 0.1) is 0 Å². The van der Waals surface area contributed by atoms with E-state index in [2.05, 4.69) is 6.92 Å². The zero-order valence-corrected chi connectivity index (χ0v) is 7.08. The van der Waals surface area contributed by atoms with Crippen molar-refractivity contribution in [2.24, 2.45) is 0 Å². The van der Waals surface area contributed by atoms with Gasteiger partial charge in [-0.2, -0.15) is 0 Å². The Morgan fingerprint density at radius 1 is 1.31 bits per heavy atom. The van der Waals surface area contributed by atoms with Crippen molar-refractivity contribution in [3.05, 3.63) is 42.3 Å². The SMILES string of the molecule is [CH2]C(CO)c1cccc(C(F)F)c1. The molecule has 0 aliphatic rings. The molecule has 1 aromatic carbocycles. The molecule has 1 N–H and O–H groups in total. The van der Waals surface area contributed by atoms with E-state index >= 15 is 0 Å². The highest BCUT2D eigenvalue weighted by atomic mass is 19.3. The summed E-state index contributed by atoms with van der Waals surface area (Å²) in [6.07, 6.45) is -2.47. The molecule has 13 heavy (non-hydrogen) atoms. The molecular weight excluding hydrogens is 174 g/mol. The van der Waals surface area contributed by atoms with Crippen molar-refractivity contribution in [1.29, 1.82) is 0 Å². The first-order valence-corrected chi connectivity index (χ1v) is 3.97. The van der Waals surface area contributed by atoms with Crippen LogP contribution in [0.2, 0.25) is 0 Å². The van der Waals surface area contributed by atoms with Crippen LogP contribution >= 0.6 is 0 Å². The molecule has 3 heteroatoms. The topological polar surface area (TPSA) is 20.2 Å². The summed E-state index contributed by atoms with van der Waals surface area (Å²) >= 11 is 0. The first-order valence-electron chi connectivity index (χ1n) is 3.97. The Hall–Kier alpha value is -0.960. The van der Waals surface area contributed by atoms with Crippen LogP contribution < -0.4 is 0 Å². The smallest absolute Gasteiger partial charge is 0.263 e. The molecule has 0 heterocycles. The normalized spacial score (nSPS) is 13.3. The van der Waals surface area contributed by atoms with E-state index in [1.807, 2.05) is 0 Å². The fraction of sp³-hybridized carbons (Fsp3) is 0.300. The van der Waals surface area contributed by atoms with Crippen LogP contribution in [-0.2, 0) is 0 Å². The Morgan fingerprint density at radius 3 is 2.46 bits per heavy atom. The summed E-state index contributed by atoms with van der Waals surface area (Å²) in [7, 11) is 0. The molecule has 0 saturated heterocycles. The molecule has 1 aromatic rings. The van der Waals surface area contributed by atoms with Gasteiger partial charge in [0.15, 0.2) is 0 Å². The summed E-state index contributed by atoms with van der Waals surface area (Å²) in [5.41, 5.74) is 0.611. The van der Waals surface area contributed by atoms with Gasteiger partial charge in [-0.15, -0.1) is 0 Å². The molecule has 1 rings (SSSR count). The third kappa shape index (κ3) is 2.49. The molecule has 1 unspecified atom stereocenters. The van der Waals surface area contributed by atoms with Crippen molar-refractivity contribution in [2.45, 2.75) is 12.3 Å². The highest BCUT2D eigenvalue weighted by molar-refractivity contribution is 5.27. The molecule has 0 aromatic heterocycles. The predicted octanol–water partition coefficient (Wildman–Crippen LogP) is 2.53. The van der Waals surface area contributed by atoms with Crippen molar-refractivity contribution < 1.29 is 13.9 Å². The number of alkyl halides is 2. The quantitative estimate of drug-likeness (QED) is 0.767. The van der Waals surface area contributed by atoms with Gasteiger partial charge in [-0.1, -0.05) is 18.2 Å². The molecule has 0 saturated carbocycles. The molecule has 0 fully saturated rings. The number of aliphatic hydroxyl groups excluding tert-OH is 1. The lowest BCUT2D eigenvalue weighted by Crippen LogP contribution is -1.99. The van der Waals surface area contributed by atoms with Crippen LogP contribution in [0.25, 0.3) is 0 Å². The van der Waals surface area contributed by atoms with Crippen LogP contribution in [-0.4, -0.2) is 11.7 Å². The molecule has 1 nitrogen and oxygen atoms in total. The average Bonchev–Trinajstić information content (AvgIpc) is 2.17. The van der Waals surface area contributed by atoms with E-state index in [1.54, 1.807) is 12.1 Å². The van der Waals surface area contributed by atoms with Crippen molar-refractivity contribution >= 4 is 0 Å². The van der Waals surface area contributed by atoms with Crippen LogP contribution in [0.5, 0.6) is 0 Å². The molecule has 1 radical (unpaired) electrons. The lowest BCUT2D eigenvalue weighted by Gasteiger charge is -2.09. The second-order valence-corrected chi connectivity index (χ2v) is 2.85. The van der Waals surface area contributed by atoms with E-state index in [4.69, 9.17) is 5.11 Å². The fourth-order valence-electron chi connectivity index (χ4n) is 1.05. The van der Waals surface area contributed by atoms with Gasteiger partial charge in [0.2, 0.25) is 0 Å². The number of rotatable bonds is 3. The maximum absolute atomic E-state index is 12.2. The molecule has 0 aliphatic heterocycles. The summed E-state index contributed by atoms with van der Waals surface area (Å²) < 4.78 is 24.5. The Kier molecular flexibility index (Phi) is 3.37. The molecule has 71 valence electrons. The van der Waals surface area contributed by atoms with Crippen molar-refractivity contribution in [1.82, 2.24) is 0 Å². The summed E-state index contributed by atoms with van der Waals surface area (Å²) in [5, 5.41) is 8.77. The first kappa shape index (κ1) is 10.1. The molecule has 0 aliphatic carbocycles. The lowest BCUT2D eigenvalue weighted by atomic mass is 10.0. The summed E-state index contributed by atoms with van der Waals surface area (Å²) in [4.78, 5) is 0. The van der Waals surface area contributed by atoms with Crippen LogP contribution in [0.4, 0.5) is 8.78 Å². The van der Waals surface area contributed by atoms with E-state index in [-0.39, 0.29) is 18.1 Å². The standard InChI is InChI=1S/C10H11F2O/c1-7(6-13)8-3-2-4-9(5-8)10(11)12/h2-5,7,10,13H,1,6H2. The van der Waals surface area contributed by atoms with E-state index in [9.17, 15) is 8.78 Å². The van der Waals surface area contributed by atoms with Crippen molar-refractivity contribution in [2.75, 3.05) is 6.61 Å². The van der Waals surface area contributed by atoms with Gasteiger partial charge in [-0.25, -0.2) is 8.78 Å². The molecule has 0 amide bonds. The number of aliphatic hydroxyl groups is 1. The van der Waals surface area contributed by atoms with Crippen LogP contribution in [0.1, 0.15) is 23.5 Å². The van der Waals surface area contributed by atoms with Gasteiger partial charge in [0, 0.05) is 18.1 Å². The van der Waals surface area contributed by atoms with E-state index in [0.717, 1.165) is 0 Å². The second kappa shape index (κ2) is 4.33. The maximum atomic E-state index is 12.2. The predicted molar refractivity (Wildman–Crippen MR) is 46.6 cm³/mol. The van der Waals surface area contributed by atoms with Crippen LogP contribution in [0, 0.1) is 6.92 Å². The van der Waals surface area contributed by atoms with Crippen LogP contribution in [0.3, 0.4) is 0 Å². The molecule has 0 spiro atoms. The van der Waals surface area contributed by atoms with Crippen LogP contribution in [0.15, 0.2) is 24.3 Å². The highest BCUT2D eigenvalue weighted by Crippen LogP contribution is 2.22. The lowest BCUT2D eigenvalue weighted by molar-refractivity contribution is 0.151. The van der Waals surface area contributed by atoms with Gasteiger partial charge < -0.3 is 5.11 Å². The van der Waals surface area contributed by atoms with E-state index < -0.39 is 6.43 Å². The summed E-state index contributed by atoms with van der Waals surface area (Å²) in [6.45, 7) is 3.50. The Balaban J connectivity index is 2.91. The van der Waals surface area contributed by atoms with E-state index in [0.29, 0.717) is 5.56 Å². The number of hydrogen-bond acceptors (Lipinski definition) is 1. The zero-order valence-electron chi connectivity index (χ0n) is 7.08. The largest absolute Gasteiger partial charge is 0.396 e. The summed E-state index contributed by atoms with van der Waals surface area (Å²) in [6, 6.07) is 5.96. The third-order valence-electron chi connectivity index (χ3n) is 1.85. The monoisotopic (exact) mass is 185 g/mol. The average molecular weight is 185 g/mol. The van der Waals surface area contributed by atoms with E-state index in [1.165, 1.54) is 12.1 Å². The second-order valence-electron chi connectivity index (χ2n) is 2.85. The third-order valence-corrected chi connectivity index (χ3v) is 1.85. The maximum Gasteiger partial charge on any atom is 0.263 e. The van der Waals surface area contributed by atoms with Gasteiger partial charge in [-0.05, 0) is 18.6 Å². The number of benzene rings is 1. The Bertz CT molecular complexity index is 273. The molecule has 0 bridgehead atoms. The number of hydrogen-bond donors (Lipinski definition) is 1. The number of halogens is 2. The molecular formula is C10H11F2O. The Morgan fingerprint density at radius 2 is 1.92 bits per heavy atom. The van der Waals surface area contributed by atoms with Gasteiger partial charge >= 0.3 is 0 Å². The highest BCUT2D eigenvalue weighted by Gasteiger charge is 2.09. The molecule has 1 atom stereocenters. The minimum absolute atomic E-state index is 0.0281. The van der Waals surface area contributed by atoms with Crippen molar-refractivity contribution in [3.8, 4) is 0 Å². The summed E-state index contributed by atoms with van der Waals surface area (Å²) in [5.74, 6) is -0.335. The Labute approximate surface area is 76.0 Å².